The maximum atomic E-state index is 15.2. The fourth-order valence-electron chi connectivity index (χ4n) is 4.34. The SMILES string of the molecule is CC(C)(C)C(=O)Nc1cncc(-c2cc3c(-c4nc5nccc(-c6ccccc6F)c5[nH]4)n[nH]c3cc2F)c1. The number of benzene rings is 2. The highest BCUT2D eigenvalue weighted by Crippen LogP contribution is 2.35. The highest BCUT2D eigenvalue weighted by molar-refractivity contribution is 5.98. The Morgan fingerprint density at radius 3 is 2.56 bits per heavy atom. The smallest absolute Gasteiger partial charge is 0.229 e. The van der Waals surface area contributed by atoms with E-state index in [-0.39, 0.29) is 17.3 Å². The molecule has 2 aromatic carbocycles. The van der Waals surface area contributed by atoms with Crippen molar-refractivity contribution in [3.05, 3.63) is 78.8 Å². The fraction of sp³-hybridized carbons (Fsp3) is 0.138. The second-order valence-electron chi connectivity index (χ2n) is 10.2. The number of hydrogen-bond acceptors (Lipinski definition) is 5. The molecule has 0 spiro atoms. The van der Waals surface area contributed by atoms with Crippen LogP contribution in [0.1, 0.15) is 20.8 Å². The van der Waals surface area contributed by atoms with Crippen LogP contribution in [0.25, 0.3) is 55.8 Å². The Morgan fingerprint density at radius 2 is 1.77 bits per heavy atom. The van der Waals surface area contributed by atoms with Gasteiger partial charge in [0.05, 0.1) is 22.9 Å². The van der Waals surface area contributed by atoms with Gasteiger partial charge in [0.1, 0.15) is 17.3 Å². The van der Waals surface area contributed by atoms with Crippen LogP contribution in [0, 0.1) is 17.0 Å². The first-order valence-corrected chi connectivity index (χ1v) is 12.2. The minimum atomic E-state index is -0.598. The zero-order valence-corrected chi connectivity index (χ0v) is 21.3. The lowest BCUT2D eigenvalue weighted by Crippen LogP contribution is -2.27. The van der Waals surface area contributed by atoms with Crippen molar-refractivity contribution in [2.45, 2.75) is 20.8 Å². The van der Waals surface area contributed by atoms with E-state index in [0.717, 1.165) is 0 Å². The van der Waals surface area contributed by atoms with Gasteiger partial charge in [0.15, 0.2) is 11.5 Å². The van der Waals surface area contributed by atoms with Gasteiger partial charge in [-0.2, -0.15) is 5.10 Å². The number of halogens is 2. The highest BCUT2D eigenvalue weighted by Gasteiger charge is 2.22. The Hall–Kier alpha value is -4.99. The lowest BCUT2D eigenvalue weighted by atomic mass is 9.95. The number of carbonyl (C=O) groups excluding carboxylic acids is 1. The van der Waals surface area contributed by atoms with Crippen molar-refractivity contribution in [3.63, 3.8) is 0 Å². The second-order valence-corrected chi connectivity index (χ2v) is 10.2. The molecule has 0 saturated carbocycles. The molecule has 1 amide bonds. The first-order valence-electron chi connectivity index (χ1n) is 12.2. The van der Waals surface area contributed by atoms with Crippen LogP contribution in [-0.2, 0) is 4.79 Å². The zero-order chi connectivity index (χ0) is 27.3. The molecule has 0 bridgehead atoms. The van der Waals surface area contributed by atoms with E-state index < -0.39 is 11.2 Å². The van der Waals surface area contributed by atoms with E-state index in [9.17, 15) is 9.18 Å². The predicted octanol–water partition coefficient (Wildman–Crippen LogP) is 6.49. The number of anilines is 1. The first-order chi connectivity index (χ1) is 18.7. The molecule has 0 unspecified atom stereocenters. The van der Waals surface area contributed by atoms with Gasteiger partial charge in [0.25, 0.3) is 0 Å². The van der Waals surface area contributed by atoms with E-state index in [4.69, 9.17) is 0 Å². The third kappa shape index (κ3) is 4.39. The number of nitrogens with zero attached hydrogens (tertiary/aromatic N) is 4. The molecule has 6 aromatic rings. The molecule has 0 aliphatic heterocycles. The number of nitrogens with one attached hydrogen (secondary N) is 3. The molecule has 8 nitrogen and oxygen atoms in total. The lowest BCUT2D eigenvalue weighted by Gasteiger charge is -2.17. The van der Waals surface area contributed by atoms with Gasteiger partial charge >= 0.3 is 0 Å². The summed E-state index contributed by atoms with van der Waals surface area (Å²) in [5.41, 5.74) is 3.55. The third-order valence-electron chi connectivity index (χ3n) is 6.42. The Kier molecular flexibility index (Phi) is 5.67. The van der Waals surface area contributed by atoms with Crippen LogP contribution in [0.15, 0.2) is 67.1 Å². The summed E-state index contributed by atoms with van der Waals surface area (Å²) in [4.78, 5) is 28.8. The summed E-state index contributed by atoms with van der Waals surface area (Å²) in [7, 11) is 0. The van der Waals surface area contributed by atoms with Crippen LogP contribution in [0.4, 0.5) is 14.5 Å². The number of hydrogen-bond donors (Lipinski definition) is 3. The molecule has 39 heavy (non-hydrogen) atoms. The molecule has 0 atom stereocenters. The molecular formula is C29H23F2N7O. The molecule has 4 aromatic heterocycles. The van der Waals surface area contributed by atoms with Crippen molar-refractivity contribution in [3.8, 4) is 33.8 Å². The lowest BCUT2D eigenvalue weighted by molar-refractivity contribution is -0.123. The Balaban J connectivity index is 1.44. The summed E-state index contributed by atoms with van der Waals surface area (Å²) >= 11 is 0. The number of rotatable bonds is 4. The van der Waals surface area contributed by atoms with Crippen LogP contribution < -0.4 is 5.32 Å². The second kappa shape index (κ2) is 9.09. The summed E-state index contributed by atoms with van der Waals surface area (Å²) in [6, 6.07) is 12.9. The largest absolute Gasteiger partial charge is 0.335 e. The van der Waals surface area contributed by atoms with Crippen LogP contribution in [-0.4, -0.2) is 36.0 Å². The molecule has 0 saturated heterocycles. The molecule has 0 fully saturated rings. The Morgan fingerprint density at radius 1 is 0.949 bits per heavy atom. The van der Waals surface area contributed by atoms with Crippen molar-refractivity contribution in [1.82, 2.24) is 30.1 Å². The van der Waals surface area contributed by atoms with Crippen LogP contribution >= 0.6 is 0 Å². The molecular weight excluding hydrogens is 500 g/mol. The van der Waals surface area contributed by atoms with E-state index in [0.29, 0.717) is 56.0 Å². The number of pyridine rings is 2. The molecule has 3 N–H and O–H groups in total. The van der Waals surface area contributed by atoms with E-state index in [1.807, 2.05) is 0 Å². The molecule has 0 aliphatic carbocycles. The van der Waals surface area contributed by atoms with Crippen molar-refractivity contribution in [2.75, 3.05) is 5.32 Å². The number of aromatic amines is 2. The predicted molar refractivity (Wildman–Crippen MR) is 146 cm³/mol. The average Bonchev–Trinajstić information content (AvgIpc) is 3.51. The van der Waals surface area contributed by atoms with Gasteiger partial charge < -0.3 is 10.3 Å². The topological polar surface area (TPSA) is 112 Å². The number of aromatic nitrogens is 6. The summed E-state index contributed by atoms with van der Waals surface area (Å²) in [5, 5.41) is 10.7. The average molecular weight is 524 g/mol. The van der Waals surface area contributed by atoms with Gasteiger partial charge in [0, 0.05) is 51.5 Å². The van der Waals surface area contributed by atoms with Gasteiger partial charge in [0.2, 0.25) is 5.91 Å². The van der Waals surface area contributed by atoms with E-state index in [1.54, 1.807) is 63.4 Å². The number of carbonyl (C=O) groups is 1. The molecule has 4 heterocycles. The maximum absolute atomic E-state index is 15.2. The van der Waals surface area contributed by atoms with Gasteiger partial charge in [-0.05, 0) is 24.3 Å². The van der Waals surface area contributed by atoms with E-state index in [2.05, 4.69) is 35.5 Å². The zero-order valence-electron chi connectivity index (χ0n) is 21.3. The number of fused-ring (bicyclic) bond motifs is 2. The molecule has 10 heteroatoms. The standard InChI is InChI=1S/C29H23F2N7O/c1-29(2,3)28(39)34-16-10-15(13-32-14-16)19-11-20-23(12-22(19)31)37-38-25(20)27-35-24-18(8-9-33-26(24)36-27)17-6-4-5-7-21(17)30/h4-14H,1-3H3,(H,34,39)(H,37,38)(H,33,35,36). The first kappa shape index (κ1) is 24.4. The summed E-state index contributed by atoms with van der Waals surface area (Å²) < 4.78 is 29.8. The molecule has 0 aliphatic rings. The Labute approximate surface area is 221 Å². The van der Waals surface area contributed by atoms with Crippen LogP contribution in [0.5, 0.6) is 0 Å². The number of imidazole rings is 1. The monoisotopic (exact) mass is 523 g/mol. The maximum Gasteiger partial charge on any atom is 0.229 e. The van der Waals surface area contributed by atoms with Crippen LogP contribution in [0.2, 0.25) is 0 Å². The minimum Gasteiger partial charge on any atom is -0.335 e. The quantitative estimate of drug-likeness (QED) is 0.244. The minimum absolute atomic E-state index is 0.178. The van der Waals surface area contributed by atoms with Gasteiger partial charge in [-0.25, -0.2) is 18.7 Å². The summed E-state index contributed by atoms with van der Waals surface area (Å²) in [6.45, 7) is 5.42. The van der Waals surface area contributed by atoms with E-state index in [1.165, 1.54) is 24.5 Å². The Bertz CT molecular complexity index is 1880. The van der Waals surface area contributed by atoms with Gasteiger partial charge in [-0.15, -0.1) is 0 Å². The summed E-state index contributed by atoms with van der Waals surface area (Å²) in [5.74, 6) is -0.620. The van der Waals surface area contributed by atoms with Gasteiger partial charge in [-0.3, -0.25) is 14.9 Å². The van der Waals surface area contributed by atoms with Crippen molar-refractivity contribution in [2.24, 2.45) is 5.41 Å². The van der Waals surface area contributed by atoms with Crippen molar-refractivity contribution < 1.29 is 13.6 Å². The fourth-order valence-corrected chi connectivity index (χ4v) is 4.34. The summed E-state index contributed by atoms with van der Waals surface area (Å²) in [6.07, 6.45) is 4.62. The van der Waals surface area contributed by atoms with Crippen molar-refractivity contribution in [1.29, 1.82) is 0 Å². The number of amides is 1. The molecule has 6 rings (SSSR count). The molecule has 0 radical (unpaired) electrons. The molecule has 194 valence electrons. The van der Waals surface area contributed by atoms with E-state index >= 15 is 4.39 Å². The third-order valence-corrected chi connectivity index (χ3v) is 6.42. The van der Waals surface area contributed by atoms with Crippen molar-refractivity contribution >= 4 is 33.7 Å². The van der Waals surface area contributed by atoms with Gasteiger partial charge in [-0.1, -0.05) is 39.0 Å². The highest BCUT2D eigenvalue weighted by atomic mass is 19.1. The van der Waals surface area contributed by atoms with Crippen LogP contribution in [0.3, 0.4) is 0 Å². The number of H-pyrrole nitrogens is 2. The normalized spacial score (nSPS) is 11.8.